The third-order valence-corrected chi connectivity index (χ3v) is 3.77. The van der Waals surface area contributed by atoms with Crippen LogP contribution in [0.3, 0.4) is 0 Å². The highest BCUT2D eigenvalue weighted by Gasteiger charge is 2.35. The molecule has 11 heteroatoms. The molecule has 0 bridgehead atoms. The Bertz CT molecular complexity index is 732. The highest BCUT2D eigenvalue weighted by atomic mass is 32.2. The van der Waals surface area contributed by atoms with Crippen LogP contribution in [0.5, 0.6) is 0 Å². The van der Waals surface area contributed by atoms with Gasteiger partial charge in [-0.3, -0.25) is 9.35 Å². The number of benzene rings is 1. The summed E-state index contributed by atoms with van der Waals surface area (Å²) in [6.07, 6.45) is -5.35. The first kappa shape index (κ1) is 20.9. The van der Waals surface area contributed by atoms with Crippen molar-refractivity contribution < 1.29 is 40.5 Å². The van der Waals surface area contributed by atoms with Gasteiger partial charge in [0.1, 0.15) is 6.04 Å². The smallest absolute Gasteiger partial charge is 0.417 e. The molecule has 1 amide bonds. The second-order valence-electron chi connectivity index (χ2n) is 4.90. The SMILES string of the molecule is CCOC(=O)[C@H](CCS(=O)(=O)O)NC(=O)c1ccccc1C(F)(F)F. The highest BCUT2D eigenvalue weighted by Crippen LogP contribution is 2.31. The second-order valence-corrected chi connectivity index (χ2v) is 6.47. The number of carbonyl (C=O) groups excluding carboxylic acids is 2. The fraction of sp³-hybridized carbons (Fsp3) is 0.429. The van der Waals surface area contributed by atoms with Crippen molar-refractivity contribution in [3.8, 4) is 0 Å². The van der Waals surface area contributed by atoms with E-state index in [4.69, 9.17) is 4.55 Å². The van der Waals surface area contributed by atoms with Gasteiger partial charge in [0.2, 0.25) is 0 Å². The number of hydrogen-bond acceptors (Lipinski definition) is 5. The minimum Gasteiger partial charge on any atom is -0.464 e. The van der Waals surface area contributed by atoms with E-state index in [2.05, 4.69) is 4.74 Å². The number of alkyl halides is 3. The lowest BCUT2D eigenvalue weighted by Crippen LogP contribution is -2.43. The Morgan fingerprint density at radius 2 is 1.88 bits per heavy atom. The van der Waals surface area contributed by atoms with Crippen LogP contribution in [0.1, 0.15) is 29.3 Å². The molecule has 0 aliphatic heterocycles. The van der Waals surface area contributed by atoms with Crippen LogP contribution in [0.4, 0.5) is 13.2 Å². The van der Waals surface area contributed by atoms with Crippen LogP contribution in [0.15, 0.2) is 24.3 Å². The van der Waals surface area contributed by atoms with E-state index in [0.29, 0.717) is 6.07 Å². The zero-order valence-electron chi connectivity index (χ0n) is 13.0. The Kier molecular flexibility index (Phi) is 6.94. The molecule has 0 unspecified atom stereocenters. The van der Waals surface area contributed by atoms with E-state index < -0.39 is 57.5 Å². The molecule has 1 atom stereocenters. The molecule has 1 aromatic carbocycles. The van der Waals surface area contributed by atoms with Crippen LogP contribution >= 0.6 is 0 Å². The molecule has 140 valence electrons. The van der Waals surface area contributed by atoms with Gasteiger partial charge < -0.3 is 10.1 Å². The van der Waals surface area contributed by atoms with E-state index in [1.54, 1.807) is 0 Å². The Labute approximate surface area is 141 Å². The van der Waals surface area contributed by atoms with Gasteiger partial charge in [0.15, 0.2) is 0 Å². The molecule has 7 nitrogen and oxygen atoms in total. The number of nitrogens with one attached hydrogen (secondary N) is 1. The van der Waals surface area contributed by atoms with Crippen LogP contribution in [0.25, 0.3) is 0 Å². The van der Waals surface area contributed by atoms with Crippen molar-refractivity contribution in [2.24, 2.45) is 0 Å². The van der Waals surface area contributed by atoms with Crippen LogP contribution in [0.2, 0.25) is 0 Å². The number of amides is 1. The minimum absolute atomic E-state index is 0.0871. The lowest BCUT2D eigenvalue weighted by atomic mass is 10.1. The van der Waals surface area contributed by atoms with Crippen LogP contribution in [0, 0.1) is 0 Å². The van der Waals surface area contributed by atoms with E-state index in [-0.39, 0.29) is 6.61 Å². The van der Waals surface area contributed by atoms with Crippen molar-refractivity contribution in [1.82, 2.24) is 5.32 Å². The first-order valence-corrected chi connectivity index (χ1v) is 8.65. The summed E-state index contributed by atoms with van der Waals surface area (Å²) in [5.74, 6) is -3.12. The first-order valence-electron chi connectivity index (χ1n) is 7.04. The van der Waals surface area contributed by atoms with Gasteiger partial charge >= 0.3 is 12.1 Å². The molecule has 0 spiro atoms. The third-order valence-electron chi connectivity index (χ3n) is 3.02. The van der Waals surface area contributed by atoms with Crippen molar-refractivity contribution in [3.63, 3.8) is 0 Å². The van der Waals surface area contributed by atoms with E-state index in [9.17, 15) is 31.2 Å². The summed E-state index contributed by atoms with van der Waals surface area (Å²) in [4.78, 5) is 23.9. The van der Waals surface area contributed by atoms with Crippen LogP contribution in [-0.2, 0) is 25.8 Å². The molecule has 0 radical (unpaired) electrons. The number of ether oxygens (including phenoxy) is 1. The maximum absolute atomic E-state index is 12.9. The second kappa shape index (κ2) is 8.30. The largest absolute Gasteiger partial charge is 0.464 e. The summed E-state index contributed by atoms with van der Waals surface area (Å²) in [6.45, 7) is 1.37. The topological polar surface area (TPSA) is 110 Å². The summed E-state index contributed by atoms with van der Waals surface area (Å²) in [5.41, 5.74) is -1.93. The molecule has 0 aliphatic rings. The van der Waals surface area contributed by atoms with E-state index >= 15 is 0 Å². The minimum atomic E-state index is -4.79. The van der Waals surface area contributed by atoms with Crippen molar-refractivity contribution in [2.75, 3.05) is 12.4 Å². The maximum Gasteiger partial charge on any atom is 0.417 e. The molecule has 1 aromatic rings. The summed E-state index contributed by atoms with van der Waals surface area (Å²) >= 11 is 0. The van der Waals surface area contributed by atoms with Gasteiger partial charge in [-0.2, -0.15) is 21.6 Å². The fourth-order valence-electron chi connectivity index (χ4n) is 1.92. The summed E-state index contributed by atoms with van der Waals surface area (Å²) in [5, 5.41) is 2.01. The van der Waals surface area contributed by atoms with Gasteiger partial charge in [0, 0.05) is 0 Å². The van der Waals surface area contributed by atoms with Gasteiger partial charge in [-0.15, -0.1) is 0 Å². The number of hydrogen-bond donors (Lipinski definition) is 2. The molecule has 0 fully saturated rings. The molecule has 0 saturated heterocycles. The van der Waals surface area contributed by atoms with E-state index in [1.807, 2.05) is 5.32 Å². The van der Waals surface area contributed by atoms with E-state index in [0.717, 1.165) is 12.1 Å². The predicted octanol–water partition coefficient (Wildman–Crippen LogP) is 1.64. The average molecular weight is 383 g/mol. The fourth-order valence-corrected chi connectivity index (χ4v) is 2.46. The summed E-state index contributed by atoms with van der Waals surface area (Å²) in [6, 6.07) is 2.40. The standard InChI is InChI=1S/C14H16F3NO6S/c1-2-24-13(20)11(7-8-25(21,22)23)18-12(19)9-5-3-4-6-10(9)14(15,16)17/h3-6,11H,2,7-8H2,1H3,(H,18,19)(H,21,22,23)/t11-/m0/s1. The van der Waals surface area contributed by atoms with Crippen LogP contribution in [-0.4, -0.2) is 43.2 Å². The van der Waals surface area contributed by atoms with Crippen molar-refractivity contribution in [1.29, 1.82) is 0 Å². The van der Waals surface area contributed by atoms with Gasteiger partial charge in [-0.25, -0.2) is 4.79 Å². The molecule has 25 heavy (non-hydrogen) atoms. The van der Waals surface area contributed by atoms with Crippen molar-refractivity contribution in [3.05, 3.63) is 35.4 Å². The molecule has 0 aliphatic carbocycles. The molecular weight excluding hydrogens is 367 g/mol. The zero-order chi connectivity index (χ0) is 19.3. The van der Waals surface area contributed by atoms with Crippen molar-refractivity contribution >= 4 is 22.0 Å². The number of halogens is 3. The molecule has 0 aromatic heterocycles. The highest BCUT2D eigenvalue weighted by molar-refractivity contribution is 7.85. The Morgan fingerprint density at radius 3 is 2.40 bits per heavy atom. The van der Waals surface area contributed by atoms with Gasteiger partial charge in [0.25, 0.3) is 16.0 Å². The summed E-state index contributed by atoms with van der Waals surface area (Å²) < 4.78 is 73.8. The molecular formula is C14H16F3NO6S. The molecule has 1 rings (SSSR count). The molecule has 2 N–H and O–H groups in total. The third kappa shape index (κ3) is 6.70. The number of esters is 1. The number of rotatable bonds is 7. The molecule has 0 heterocycles. The zero-order valence-corrected chi connectivity index (χ0v) is 13.9. The first-order chi connectivity index (χ1) is 11.5. The molecule has 0 saturated carbocycles. The average Bonchev–Trinajstić information content (AvgIpc) is 2.49. The predicted molar refractivity (Wildman–Crippen MR) is 80.4 cm³/mol. The lowest BCUT2D eigenvalue weighted by Gasteiger charge is -2.18. The Balaban J connectivity index is 3.04. The Hall–Kier alpha value is -2.14. The Morgan fingerprint density at radius 1 is 1.28 bits per heavy atom. The quantitative estimate of drug-likeness (QED) is 0.547. The number of carbonyl (C=O) groups is 2. The maximum atomic E-state index is 12.9. The van der Waals surface area contributed by atoms with Crippen molar-refractivity contribution in [2.45, 2.75) is 25.6 Å². The normalized spacial score (nSPS) is 13.2. The monoisotopic (exact) mass is 383 g/mol. The van der Waals surface area contributed by atoms with Gasteiger partial charge in [-0.05, 0) is 25.5 Å². The summed E-state index contributed by atoms with van der Waals surface area (Å²) in [7, 11) is -4.44. The van der Waals surface area contributed by atoms with Crippen LogP contribution < -0.4 is 5.32 Å². The van der Waals surface area contributed by atoms with Gasteiger partial charge in [0.05, 0.1) is 23.5 Å². The van der Waals surface area contributed by atoms with E-state index in [1.165, 1.54) is 13.0 Å². The van der Waals surface area contributed by atoms with Gasteiger partial charge in [-0.1, -0.05) is 12.1 Å². The lowest BCUT2D eigenvalue weighted by molar-refractivity contribution is -0.145.